The number of methoxy groups -OCH3 is 1. The first kappa shape index (κ1) is 16.7. The lowest BCUT2D eigenvalue weighted by molar-refractivity contribution is 0.414. The van der Waals surface area contributed by atoms with Crippen LogP contribution in [-0.4, -0.2) is 43.0 Å². The average molecular weight is 326 g/mol. The molecule has 1 aromatic heterocycles. The molecule has 1 aromatic carbocycles. The summed E-state index contributed by atoms with van der Waals surface area (Å²) in [5.41, 5.74) is 2.30. The molecule has 1 atom stereocenters. The number of hydrogen-bond acceptors (Lipinski definition) is 5. The fourth-order valence-electron chi connectivity index (χ4n) is 3.13. The molecular weight excluding hydrogens is 300 g/mol. The number of aryl methyl sites for hydroxylation is 1. The predicted molar refractivity (Wildman–Crippen MR) is 96.7 cm³/mol. The molecule has 2 heterocycles. The van der Waals surface area contributed by atoms with Crippen LogP contribution in [0.1, 0.15) is 24.1 Å². The molecule has 1 aliphatic rings. The molecule has 2 aromatic rings. The molecule has 5 nitrogen and oxygen atoms in total. The van der Waals surface area contributed by atoms with E-state index in [1.807, 2.05) is 25.1 Å². The van der Waals surface area contributed by atoms with E-state index in [9.17, 15) is 0 Å². The fourth-order valence-corrected chi connectivity index (χ4v) is 3.13. The predicted octanol–water partition coefficient (Wildman–Crippen LogP) is 2.59. The zero-order valence-corrected chi connectivity index (χ0v) is 14.5. The van der Waals surface area contributed by atoms with E-state index in [4.69, 9.17) is 4.74 Å². The third-order valence-electron chi connectivity index (χ3n) is 4.53. The molecule has 3 rings (SSSR count). The first-order valence-electron chi connectivity index (χ1n) is 8.66. The maximum absolute atomic E-state index is 5.20. The third-order valence-corrected chi connectivity index (χ3v) is 4.53. The smallest absolute Gasteiger partial charge is 0.151 e. The highest BCUT2D eigenvalue weighted by molar-refractivity contribution is 5.38. The molecule has 1 fully saturated rings. The number of aromatic nitrogens is 2. The average Bonchev–Trinajstić information content (AvgIpc) is 2.63. The second-order valence-electron chi connectivity index (χ2n) is 6.37. The summed E-state index contributed by atoms with van der Waals surface area (Å²) in [4.78, 5) is 2.33. The van der Waals surface area contributed by atoms with Crippen molar-refractivity contribution < 1.29 is 4.74 Å². The first-order chi connectivity index (χ1) is 11.7. The van der Waals surface area contributed by atoms with E-state index in [1.54, 1.807) is 7.11 Å². The third kappa shape index (κ3) is 4.45. The van der Waals surface area contributed by atoms with Gasteiger partial charge in [-0.2, -0.15) is 5.10 Å². The number of hydrogen-bond donors (Lipinski definition) is 1. The van der Waals surface area contributed by atoms with Crippen molar-refractivity contribution >= 4 is 5.82 Å². The van der Waals surface area contributed by atoms with Gasteiger partial charge in [0.05, 0.1) is 12.8 Å². The number of piperidine rings is 1. The Kier molecular flexibility index (Phi) is 5.64. The van der Waals surface area contributed by atoms with Gasteiger partial charge in [-0.05, 0) is 62.6 Å². The molecule has 128 valence electrons. The number of rotatable bonds is 6. The molecule has 1 N–H and O–H groups in total. The second-order valence-corrected chi connectivity index (χ2v) is 6.37. The van der Waals surface area contributed by atoms with Crippen LogP contribution in [0.3, 0.4) is 0 Å². The van der Waals surface area contributed by atoms with Crippen LogP contribution < -0.4 is 15.0 Å². The van der Waals surface area contributed by atoms with E-state index < -0.39 is 0 Å². The van der Waals surface area contributed by atoms with E-state index in [-0.39, 0.29) is 0 Å². The van der Waals surface area contributed by atoms with E-state index >= 15 is 0 Å². The summed E-state index contributed by atoms with van der Waals surface area (Å²) >= 11 is 0. The first-order valence-corrected chi connectivity index (χ1v) is 8.66. The number of nitrogens with one attached hydrogen (secondary N) is 1. The minimum Gasteiger partial charge on any atom is -0.497 e. The lowest BCUT2D eigenvalue weighted by Crippen LogP contribution is -2.46. The lowest BCUT2D eigenvalue weighted by atomic mass is 10.0. The topological polar surface area (TPSA) is 50.3 Å². The summed E-state index contributed by atoms with van der Waals surface area (Å²) in [7, 11) is 1.70. The van der Waals surface area contributed by atoms with Crippen LogP contribution >= 0.6 is 0 Å². The van der Waals surface area contributed by atoms with Crippen molar-refractivity contribution in [3.8, 4) is 5.75 Å². The van der Waals surface area contributed by atoms with Crippen molar-refractivity contribution in [3.63, 3.8) is 0 Å². The SMILES string of the molecule is COc1ccc(CCN[C@@H]2CCCN(c3ccc(C)nn3)C2)cc1. The minimum atomic E-state index is 0.514. The molecule has 0 radical (unpaired) electrons. The zero-order valence-electron chi connectivity index (χ0n) is 14.5. The molecule has 0 bridgehead atoms. The van der Waals surface area contributed by atoms with Gasteiger partial charge in [0, 0.05) is 19.1 Å². The standard InChI is InChI=1S/C19H26N4O/c1-15-5-10-19(22-21-15)23-13-3-4-17(14-23)20-12-11-16-6-8-18(24-2)9-7-16/h5-10,17,20H,3-4,11-14H2,1-2H3/t17-/m1/s1. The van der Waals surface area contributed by atoms with Gasteiger partial charge in [0.25, 0.3) is 0 Å². The van der Waals surface area contributed by atoms with Crippen LogP contribution in [0.25, 0.3) is 0 Å². The van der Waals surface area contributed by atoms with Crippen LogP contribution in [0, 0.1) is 6.92 Å². The molecular formula is C19H26N4O. The van der Waals surface area contributed by atoms with Crippen molar-refractivity contribution in [3.05, 3.63) is 47.7 Å². The highest BCUT2D eigenvalue weighted by atomic mass is 16.5. The summed E-state index contributed by atoms with van der Waals surface area (Å²) in [5, 5.41) is 12.2. The van der Waals surface area contributed by atoms with E-state index in [0.29, 0.717) is 6.04 Å². The van der Waals surface area contributed by atoms with Crippen LogP contribution in [0.5, 0.6) is 5.75 Å². The number of nitrogens with zero attached hydrogens (tertiary/aromatic N) is 3. The molecule has 0 spiro atoms. The Labute approximate surface area is 144 Å². The van der Waals surface area contributed by atoms with Gasteiger partial charge < -0.3 is 15.0 Å². The van der Waals surface area contributed by atoms with Gasteiger partial charge in [0.15, 0.2) is 5.82 Å². The summed E-state index contributed by atoms with van der Waals surface area (Å²) < 4.78 is 5.20. The van der Waals surface area contributed by atoms with Gasteiger partial charge in [-0.25, -0.2) is 0 Å². The van der Waals surface area contributed by atoms with Crippen LogP contribution in [0.15, 0.2) is 36.4 Å². The van der Waals surface area contributed by atoms with Gasteiger partial charge in [-0.1, -0.05) is 12.1 Å². The Balaban J connectivity index is 1.47. The van der Waals surface area contributed by atoms with Crippen LogP contribution in [-0.2, 0) is 6.42 Å². The normalized spacial score (nSPS) is 17.8. The van der Waals surface area contributed by atoms with Crippen LogP contribution in [0.4, 0.5) is 5.82 Å². The van der Waals surface area contributed by atoms with E-state index in [2.05, 4.69) is 38.6 Å². The molecule has 1 aliphatic heterocycles. The Bertz CT molecular complexity index is 627. The second kappa shape index (κ2) is 8.11. The van der Waals surface area contributed by atoms with Gasteiger partial charge in [-0.3, -0.25) is 0 Å². The van der Waals surface area contributed by atoms with E-state index in [1.165, 1.54) is 18.4 Å². The van der Waals surface area contributed by atoms with Crippen molar-refractivity contribution in [1.82, 2.24) is 15.5 Å². The van der Waals surface area contributed by atoms with Gasteiger partial charge in [-0.15, -0.1) is 5.10 Å². The molecule has 0 aliphatic carbocycles. The van der Waals surface area contributed by atoms with Gasteiger partial charge in [0.1, 0.15) is 5.75 Å². The van der Waals surface area contributed by atoms with Crippen LogP contribution in [0.2, 0.25) is 0 Å². The highest BCUT2D eigenvalue weighted by Crippen LogP contribution is 2.17. The minimum absolute atomic E-state index is 0.514. The number of ether oxygens (including phenoxy) is 1. The summed E-state index contributed by atoms with van der Waals surface area (Å²) in [6.07, 6.45) is 3.44. The molecule has 5 heteroatoms. The number of anilines is 1. The largest absolute Gasteiger partial charge is 0.497 e. The highest BCUT2D eigenvalue weighted by Gasteiger charge is 2.20. The lowest BCUT2D eigenvalue weighted by Gasteiger charge is -2.33. The van der Waals surface area contributed by atoms with Crippen molar-refractivity contribution in [1.29, 1.82) is 0 Å². The Morgan fingerprint density at radius 3 is 2.71 bits per heavy atom. The maximum atomic E-state index is 5.20. The fraction of sp³-hybridized carbons (Fsp3) is 0.474. The van der Waals surface area contributed by atoms with Gasteiger partial charge in [0.2, 0.25) is 0 Å². The van der Waals surface area contributed by atoms with E-state index in [0.717, 1.165) is 43.3 Å². The summed E-state index contributed by atoms with van der Waals surface area (Å²) in [6, 6.07) is 12.9. The van der Waals surface area contributed by atoms with Crippen molar-refractivity contribution in [2.24, 2.45) is 0 Å². The summed E-state index contributed by atoms with van der Waals surface area (Å²) in [5.74, 6) is 1.90. The summed E-state index contributed by atoms with van der Waals surface area (Å²) in [6.45, 7) is 5.02. The molecule has 0 amide bonds. The van der Waals surface area contributed by atoms with Gasteiger partial charge >= 0.3 is 0 Å². The Morgan fingerprint density at radius 2 is 2.00 bits per heavy atom. The molecule has 24 heavy (non-hydrogen) atoms. The molecule has 0 saturated carbocycles. The number of benzene rings is 1. The Morgan fingerprint density at radius 1 is 1.17 bits per heavy atom. The zero-order chi connectivity index (χ0) is 16.8. The Hall–Kier alpha value is -2.14. The monoisotopic (exact) mass is 326 g/mol. The quantitative estimate of drug-likeness (QED) is 0.884. The van der Waals surface area contributed by atoms with Crippen molar-refractivity contribution in [2.45, 2.75) is 32.2 Å². The molecule has 1 saturated heterocycles. The molecule has 0 unspecified atom stereocenters. The van der Waals surface area contributed by atoms with Crippen molar-refractivity contribution in [2.75, 3.05) is 31.6 Å². The maximum Gasteiger partial charge on any atom is 0.151 e.